The van der Waals surface area contributed by atoms with E-state index in [1.165, 1.54) is 29.4 Å². The van der Waals surface area contributed by atoms with Crippen molar-refractivity contribution >= 4 is 23.2 Å². The summed E-state index contributed by atoms with van der Waals surface area (Å²) in [5.41, 5.74) is 3.58. The Bertz CT molecular complexity index is 1280. The van der Waals surface area contributed by atoms with Crippen LogP contribution in [0.15, 0.2) is 34.3 Å². The molecule has 198 valence electrons. The van der Waals surface area contributed by atoms with Crippen LogP contribution in [-0.2, 0) is 9.59 Å². The van der Waals surface area contributed by atoms with Crippen molar-refractivity contribution in [2.75, 3.05) is 13.7 Å². The Balaban J connectivity index is 1.51. The summed E-state index contributed by atoms with van der Waals surface area (Å²) in [6.45, 7) is 7.29. The number of rotatable bonds is 8. The lowest BCUT2D eigenvalue weighted by molar-refractivity contribution is -0.141. The molecule has 0 bridgehead atoms. The summed E-state index contributed by atoms with van der Waals surface area (Å²) in [6, 6.07) is 4.87. The minimum atomic E-state index is -0.904. The predicted molar refractivity (Wildman–Crippen MR) is 136 cm³/mol. The van der Waals surface area contributed by atoms with Gasteiger partial charge < -0.3 is 24.6 Å². The smallest absolute Gasteiger partial charge is 0.254 e. The fraction of sp³-hybridized carbons (Fsp3) is 0.462. The Morgan fingerprint density at radius 2 is 2.05 bits per heavy atom. The third-order valence-corrected chi connectivity index (χ3v) is 7.63. The molecular weight excluding hydrogens is 499 g/mol. The number of amides is 2. The van der Waals surface area contributed by atoms with Gasteiger partial charge in [0.05, 0.1) is 35.3 Å². The van der Waals surface area contributed by atoms with Gasteiger partial charge in [0, 0.05) is 24.6 Å². The first kappa shape index (κ1) is 26.7. The second-order valence-electron chi connectivity index (χ2n) is 9.62. The lowest BCUT2D eigenvalue weighted by atomic mass is 9.91. The number of nitrogens with one attached hydrogen (secondary N) is 1. The minimum Gasteiger partial charge on any atom is -0.479 e. The molecule has 2 amide bonds. The highest BCUT2D eigenvalue weighted by atomic mass is 32.1. The quantitative estimate of drug-likeness (QED) is 0.454. The molecule has 1 unspecified atom stereocenters. The second-order valence-corrected chi connectivity index (χ2v) is 10.5. The molecule has 4 rings (SSSR count). The number of hydrogen-bond donors (Lipinski definition) is 2. The molecule has 0 saturated carbocycles. The molecule has 2 N–H and O–H groups in total. The van der Waals surface area contributed by atoms with Crippen molar-refractivity contribution in [3.8, 4) is 16.3 Å². The largest absolute Gasteiger partial charge is 0.479 e. The number of ether oxygens (including phenoxy) is 1. The zero-order chi connectivity index (χ0) is 26.9. The molecule has 1 fully saturated rings. The number of aliphatic hydroxyl groups excluding tert-OH is 1. The van der Waals surface area contributed by atoms with Crippen molar-refractivity contribution in [3.05, 3.63) is 52.6 Å². The normalized spacial score (nSPS) is 19.2. The number of aromatic nitrogens is 2. The van der Waals surface area contributed by atoms with Crippen LogP contribution in [0.3, 0.4) is 0 Å². The van der Waals surface area contributed by atoms with Crippen molar-refractivity contribution in [1.29, 1.82) is 0 Å². The maximum atomic E-state index is 15.0. The van der Waals surface area contributed by atoms with E-state index in [-0.39, 0.29) is 30.7 Å². The molecule has 0 spiro atoms. The minimum absolute atomic E-state index is 0.0110. The maximum absolute atomic E-state index is 15.0. The lowest BCUT2D eigenvalue weighted by Gasteiger charge is -2.29. The molecule has 3 heterocycles. The molecule has 9 nitrogen and oxygen atoms in total. The summed E-state index contributed by atoms with van der Waals surface area (Å²) in [7, 11) is 1.45. The number of benzene rings is 1. The summed E-state index contributed by atoms with van der Waals surface area (Å²) in [5, 5.41) is 17.0. The van der Waals surface area contributed by atoms with Gasteiger partial charge in [0.1, 0.15) is 17.8 Å². The molecule has 0 radical (unpaired) electrons. The van der Waals surface area contributed by atoms with E-state index in [0.29, 0.717) is 11.3 Å². The highest BCUT2D eigenvalue weighted by Crippen LogP contribution is 2.33. The second kappa shape index (κ2) is 11.0. The summed E-state index contributed by atoms with van der Waals surface area (Å²) in [4.78, 5) is 33.3. The van der Waals surface area contributed by atoms with Crippen LogP contribution < -0.4 is 10.1 Å². The molecule has 1 aromatic carbocycles. The number of methoxy groups -OCH3 is 1. The molecule has 4 atom stereocenters. The number of carbonyl (C=O) groups excluding carboxylic acids is 2. The molecule has 1 saturated heterocycles. The van der Waals surface area contributed by atoms with Crippen molar-refractivity contribution in [2.45, 2.75) is 58.2 Å². The fourth-order valence-corrected chi connectivity index (χ4v) is 5.52. The van der Waals surface area contributed by atoms with E-state index in [1.807, 2.05) is 20.8 Å². The van der Waals surface area contributed by atoms with Gasteiger partial charge in [0.25, 0.3) is 5.88 Å². The molecule has 3 aromatic rings. The van der Waals surface area contributed by atoms with E-state index >= 15 is 4.39 Å². The predicted octanol–water partition coefficient (Wildman–Crippen LogP) is 3.83. The van der Waals surface area contributed by atoms with E-state index in [2.05, 4.69) is 15.5 Å². The zero-order valence-electron chi connectivity index (χ0n) is 21.4. The Morgan fingerprint density at radius 1 is 1.30 bits per heavy atom. The SMILES string of the molecule is COc1cc(C(C(=O)N2C[C@H](O)C[C@H]2C(=O)N[C@@H](C)c2ccc(-c3scnc3C)cc2F)C(C)C)on1. The van der Waals surface area contributed by atoms with E-state index in [9.17, 15) is 14.7 Å². The number of nitrogens with zero attached hydrogens (tertiary/aromatic N) is 3. The summed E-state index contributed by atoms with van der Waals surface area (Å²) >= 11 is 1.44. The van der Waals surface area contributed by atoms with Crippen LogP contribution in [-0.4, -0.2) is 57.8 Å². The highest BCUT2D eigenvalue weighted by molar-refractivity contribution is 7.13. The van der Waals surface area contributed by atoms with E-state index in [4.69, 9.17) is 9.26 Å². The number of carbonyl (C=O) groups is 2. The monoisotopic (exact) mass is 530 g/mol. The van der Waals surface area contributed by atoms with E-state index in [1.54, 1.807) is 30.6 Å². The number of thiazole rings is 1. The number of aryl methyl sites for hydroxylation is 1. The van der Waals surface area contributed by atoms with Gasteiger partial charge in [0.2, 0.25) is 11.8 Å². The van der Waals surface area contributed by atoms with Crippen LogP contribution in [0.25, 0.3) is 10.4 Å². The number of aliphatic hydroxyl groups is 1. The first-order valence-electron chi connectivity index (χ1n) is 12.1. The van der Waals surface area contributed by atoms with Crippen LogP contribution in [0.5, 0.6) is 5.88 Å². The fourth-order valence-electron chi connectivity index (χ4n) is 4.72. The maximum Gasteiger partial charge on any atom is 0.254 e. The van der Waals surface area contributed by atoms with Gasteiger partial charge in [0.15, 0.2) is 5.76 Å². The Kier molecular flexibility index (Phi) is 7.93. The van der Waals surface area contributed by atoms with Crippen LogP contribution in [0, 0.1) is 18.7 Å². The van der Waals surface area contributed by atoms with Crippen molar-refractivity contribution in [1.82, 2.24) is 20.4 Å². The molecule has 37 heavy (non-hydrogen) atoms. The van der Waals surface area contributed by atoms with Gasteiger partial charge >= 0.3 is 0 Å². The van der Waals surface area contributed by atoms with E-state index < -0.39 is 35.8 Å². The summed E-state index contributed by atoms with van der Waals surface area (Å²) in [6.07, 6.45) is -0.772. The highest BCUT2D eigenvalue weighted by Gasteiger charge is 2.43. The number of β-amino-alcohol motifs (C(OH)–C–C–N with tert-alkyl or cyclic N) is 1. The molecule has 1 aliphatic heterocycles. The first-order valence-corrected chi connectivity index (χ1v) is 13.0. The molecule has 11 heteroatoms. The average molecular weight is 531 g/mol. The van der Waals surface area contributed by atoms with Crippen molar-refractivity contribution in [3.63, 3.8) is 0 Å². The third kappa shape index (κ3) is 5.52. The molecular formula is C26H31FN4O5S. The lowest BCUT2D eigenvalue weighted by Crippen LogP contribution is -2.48. The number of hydrogen-bond acceptors (Lipinski definition) is 8. The molecule has 0 aliphatic carbocycles. The van der Waals surface area contributed by atoms with E-state index in [0.717, 1.165) is 16.1 Å². The van der Waals surface area contributed by atoms with Crippen molar-refractivity contribution < 1.29 is 28.3 Å². The van der Waals surface area contributed by atoms with Crippen LogP contribution >= 0.6 is 11.3 Å². The molecule has 1 aliphatic rings. The van der Waals surface area contributed by atoms with Gasteiger partial charge in [-0.1, -0.05) is 26.0 Å². The van der Waals surface area contributed by atoms with Gasteiger partial charge in [-0.3, -0.25) is 9.59 Å². The average Bonchev–Trinajstić information content (AvgIpc) is 3.58. The van der Waals surface area contributed by atoms with Gasteiger partial charge in [-0.2, -0.15) is 0 Å². The zero-order valence-corrected chi connectivity index (χ0v) is 22.2. The topological polar surface area (TPSA) is 118 Å². The Morgan fingerprint density at radius 3 is 2.65 bits per heavy atom. The van der Waals surface area contributed by atoms with Gasteiger partial charge in [-0.05, 0) is 36.6 Å². The van der Waals surface area contributed by atoms with Crippen molar-refractivity contribution in [2.24, 2.45) is 5.92 Å². The molecule has 2 aromatic heterocycles. The van der Waals surface area contributed by atoms with Gasteiger partial charge in [-0.25, -0.2) is 9.37 Å². The Hall–Kier alpha value is -3.31. The number of halogens is 1. The summed E-state index contributed by atoms with van der Waals surface area (Å²) in [5.74, 6) is -1.57. The van der Waals surface area contributed by atoms with Gasteiger partial charge in [-0.15, -0.1) is 11.3 Å². The standard InChI is InChI=1S/C26H31FN4O5S/c1-13(2)23(21-10-22(35-5)30-36-21)26(34)31-11-17(32)9-20(31)25(33)29-14(3)18-7-6-16(8-19(18)27)24-15(4)28-12-37-24/h6-8,10,12-14,17,20,23,32H,9,11H2,1-5H3,(H,29,33)/t14-,17+,20-,23?/m0/s1. The number of likely N-dealkylation sites (tertiary alicyclic amines) is 1. The Labute approximate surface area is 218 Å². The van der Waals surface area contributed by atoms with Crippen LogP contribution in [0.1, 0.15) is 56.2 Å². The summed E-state index contributed by atoms with van der Waals surface area (Å²) < 4.78 is 25.4. The van der Waals surface area contributed by atoms with Crippen LogP contribution in [0.4, 0.5) is 4.39 Å². The van der Waals surface area contributed by atoms with Crippen LogP contribution in [0.2, 0.25) is 0 Å². The first-order chi connectivity index (χ1) is 17.6. The third-order valence-electron chi connectivity index (χ3n) is 6.65.